The summed E-state index contributed by atoms with van der Waals surface area (Å²) in [6.07, 6.45) is 3.24. The second kappa shape index (κ2) is 2.44. The number of aryl methyl sites for hydroxylation is 1. The van der Waals surface area contributed by atoms with Crippen molar-refractivity contribution in [3.8, 4) is 0 Å². The van der Waals surface area contributed by atoms with Gasteiger partial charge in [-0.15, -0.1) is 0 Å². The van der Waals surface area contributed by atoms with Crippen molar-refractivity contribution >= 4 is 10.9 Å². The van der Waals surface area contributed by atoms with E-state index in [1.54, 1.807) is 12.4 Å². The SMILES string of the molecule is Cc1cc2[nH]ccc(=O)c2cn1. The maximum atomic E-state index is 11.2. The number of hydrogen-bond donors (Lipinski definition) is 1. The molecule has 2 aromatic rings. The van der Waals surface area contributed by atoms with E-state index in [4.69, 9.17) is 0 Å². The highest BCUT2D eigenvalue weighted by atomic mass is 16.1. The molecule has 1 N–H and O–H groups in total. The fraction of sp³-hybridized carbons (Fsp3) is 0.111. The minimum atomic E-state index is 0.0104. The van der Waals surface area contributed by atoms with Gasteiger partial charge in [-0.2, -0.15) is 0 Å². The number of H-pyrrole nitrogens is 1. The molecule has 60 valence electrons. The first-order valence-corrected chi connectivity index (χ1v) is 3.71. The number of rotatable bonds is 0. The molecule has 0 saturated carbocycles. The van der Waals surface area contributed by atoms with Gasteiger partial charge in [-0.25, -0.2) is 0 Å². The van der Waals surface area contributed by atoms with E-state index in [0.717, 1.165) is 11.2 Å². The van der Waals surface area contributed by atoms with Gasteiger partial charge in [-0.05, 0) is 13.0 Å². The van der Waals surface area contributed by atoms with E-state index in [1.165, 1.54) is 6.07 Å². The van der Waals surface area contributed by atoms with E-state index in [2.05, 4.69) is 9.97 Å². The second-order valence-corrected chi connectivity index (χ2v) is 2.71. The molecule has 2 heterocycles. The van der Waals surface area contributed by atoms with Crippen LogP contribution in [0, 0.1) is 6.92 Å². The van der Waals surface area contributed by atoms with Crippen LogP contribution in [0.3, 0.4) is 0 Å². The van der Waals surface area contributed by atoms with Gasteiger partial charge in [0.05, 0.1) is 10.9 Å². The minimum absolute atomic E-state index is 0.0104. The van der Waals surface area contributed by atoms with Crippen LogP contribution in [0.1, 0.15) is 5.69 Å². The average Bonchev–Trinajstić information content (AvgIpc) is 2.04. The first kappa shape index (κ1) is 7.03. The van der Waals surface area contributed by atoms with E-state index >= 15 is 0 Å². The Morgan fingerprint density at radius 3 is 3.17 bits per heavy atom. The highest BCUT2D eigenvalue weighted by molar-refractivity contribution is 5.77. The van der Waals surface area contributed by atoms with E-state index in [0.29, 0.717) is 5.39 Å². The molecule has 0 bridgehead atoms. The van der Waals surface area contributed by atoms with E-state index in [1.807, 2.05) is 13.0 Å². The zero-order valence-electron chi connectivity index (χ0n) is 6.66. The lowest BCUT2D eigenvalue weighted by molar-refractivity contribution is 1.21. The molecule has 3 heteroatoms. The summed E-state index contributed by atoms with van der Waals surface area (Å²) in [4.78, 5) is 18.3. The first-order chi connectivity index (χ1) is 5.77. The third kappa shape index (κ3) is 0.993. The van der Waals surface area contributed by atoms with Crippen LogP contribution in [0.4, 0.5) is 0 Å². The maximum absolute atomic E-state index is 11.2. The Hall–Kier alpha value is -1.64. The number of aromatic amines is 1. The van der Waals surface area contributed by atoms with Crippen LogP contribution in [0.2, 0.25) is 0 Å². The molecule has 0 aliphatic carbocycles. The highest BCUT2D eigenvalue weighted by Crippen LogP contribution is 2.04. The Morgan fingerprint density at radius 2 is 2.33 bits per heavy atom. The Morgan fingerprint density at radius 1 is 1.50 bits per heavy atom. The van der Waals surface area contributed by atoms with Crippen LogP contribution in [-0.2, 0) is 0 Å². The number of hydrogen-bond acceptors (Lipinski definition) is 2. The summed E-state index contributed by atoms with van der Waals surface area (Å²) in [6, 6.07) is 3.36. The van der Waals surface area contributed by atoms with E-state index in [9.17, 15) is 4.79 Å². The molecule has 0 unspecified atom stereocenters. The number of nitrogens with zero attached hydrogens (tertiary/aromatic N) is 1. The van der Waals surface area contributed by atoms with Crippen LogP contribution >= 0.6 is 0 Å². The molecule has 0 aliphatic heterocycles. The molecule has 2 aromatic heterocycles. The van der Waals surface area contributed by atoms with Crippen LogP contribution in [0.25, 0.3) is 10.9 Å². The molecule has 3 nitrogen and oxygen atoms in total. The molecule has 0 radical (unpaired) electrons. The third-order valence-electron chi connectivity index (χ3n) is 1.78. The summed E-state index contributed by atoms with van der Waals surface area (Å²) >= 11 is 0. The number of pyridine rings is 2. The van der Waals surface area contributed by atoms with E-state index in [-0.39, 0.29) is 5.43 Å². The molecule has 0 aliphatic rings. The van der Waals surface area contributed by atoms with Crippen LogP contribution in [-0.4, -0.2) is 9.97 Å². The molecule has 12 heavy (non-hydrogen) atoms. The Labute approximate surface area is 69.1 Å². The third-order valence-corrected chi connectivity index (χ3v) is 1.78. The molecular formula is C9H8N2O. The second-order valence-electron chi connectivity index (χ2n) is 2.71. The van der Waals surface area contributed by atoms with Gasteiger partial charge in [0.25, 0.3) is 0 Å². The lowest BCUT2D eigenvalue weighted by atomic mass is 10.2. The predicted octanol–water partition coefficient (Wildman–Crippen LogP) is 1.23. The monoisotopic (exact) mass is 160 g/mol. The highest BCUT2D eigenvalue weighted by Gasteiger charge is 1.96. The van der Waals surface area contributed by atoms with Crippen molar-refractivity contribution in [1.29, 1.82) is 0 Å². The normalized spacial score (nSPS) is 10.4. The van der Waals surface area contributed by atoms with Gasteiger partial charge in [0.1, 0.15) is 0 Å². The van der Waals surface area contributed by atoms with Crippen molar-refractivity contribution in [3.63, 3.8) is 0 Å². The number of fused-ring (bicyclic) bond motifs is 1. The van der Waals surface area contributed by atoms with Crippen molar-refractivity contribution in [2.45, 2.75) is 6.92 Å². The van der Waals surface area contributed by atoms with Crippen molar-refractivity contribution in [2.75, 3.05) is 0 Å². The Bertz CT molecular complexity index is 473. The topological polar surface area (TPSA) is 45.8 Å². The van der Waals surface area contributed by atoms with Gasteiger partial charge in [-0.3, -0.25) is 9.78 Å². The number of nitrogens with one attached hydrogen (secondary N) is 1. The van der Waals surface area contributed by atoms with Crippen molar-refractivity contribution in [3.05, 3.63) is 40.4 Å². The molecule has 0 atom stereocenters. The van der Waals surface area contributed by atoms with Gasteiger partial charge in [0.15, 0.2) is 5.43 Å². The first-order valence-electron chi connectivity index (χ1n) is 3.71. The maximum Gasteiger partial charge on any atom is 0.190 e. The Balaban J connectivity index is 2.96. The molecular weight excluding hydrogens is 152 g/mol. The standard InChI is InChI=1S/C9H8N2O/c1-6-4-8-7(5-11-6)9(12)2-3-10-8/h2-5H,1H3,(H,10,12). The zero-order chi connectivity index (χ0) is 8.55. The summed E-state index contributed by atoms with van der Waals surface area (Å²) in [7, 11) is 0. The molecule has 0 amide bonds. The molecule has 2 rings (SSSR count). The molecule has 0 aromatic carbocycles. The zero-order valence-corrected chi connectivity index (χ0v) is 6.66. The van der Waals surface area contributed by atoms with Crippen molar-refractivity contribution in [2.24, 2.45) is 0 Å². The molecule has 0 spiro atoms. The van der Waals surface area contributed by atoms with Gasteiger partial charge >= 0.3 is 0 Å². The minimum Gasteiger partial charge on any atom is -0.361 e. The van der Waals surface area contributed by atoms with Crippen LogP contribution < -0.4 is 5.43 Å². The number of aromatic nitrogens is 2. The van der Waals surface area contributed by atoms with Gasteiger partial charge < -0.3 is 4.98 Å². The fourth-order valence-electron chi connectivity index (χ4n) is 1.17. The van der Waals surface area contributed by atoms with Gasteiger partial charge in [0.2, 0.25) is 0 Å². The molecule has 0 saturated heterocycles. The van der Waals surface area contributed by atoms with Crippen molar-refractivity contribution in [1.82, 2.24) is 9.97 Å². The largest absolute Gasteiger partial charge is 0.361 e. The lowest BCUT2D eigenvalue weighted by Crippen LogP contribution is -2.00. The van der Waals surface area contributed by atoms with Crippen molar-refractivity contribution < 1.29 is 0 Å². The summed E-state index contributed by atoms with van der Waals surface area (Å²) in [5.74, 6) is 0. The van der Waals surface area contributed by atoms with Crippen LogP contribution in [0.15, 0.2) is 29.3 Å². The summed E-state index contributed by atoms with van der Waals surface area (Å²) in [5.41, 5.74) is 1.76. The smallest absolute Gasteiger partial charge is 0.190 e. The molecule has 0 fully saturated rings. The van der Waals surface area contributed by atoms with Crippen LogP contribution in [0.5, 0.6) is 0 Å². The average molecular weight is 160 g/mol. The lowest BCUT2D eigenvalue weighted by Gasteiger charge is -1.96. The summed E-state index contributed by atoms with van der Waals surface area (Å²) in [6.45, 7) is 1.89. The predicted molar refractivity (Wildman–Crippen MR) is 47.1 cm³/mol. The van der Waals surface area contributed by atoms with E-state index < -0.39 is 0 Å². The van der Waals surface area contributed by atoms with Gasteiger partial charge in [0, 0.05) is 24.2 Å². The summed E-state index contributed by atoms with van der Waals surface area (Å²) in [5, 5.41) is 0.642. The fourth-order valence-corrected chi connectivity index (χ4v) is 1.17. The van der Waals surface area contributed by atoms with Gasteiger partial charge in [-0.1, -0.05) is 0 Å². The quantitative estimate of drug-likeness (QED) is 0.630. The summed E-state index contributed by atoms with van der Waals surface area (Å²) < 4.78 is 0. The Kier molecular flexibility index (Phi) is 1.43.